The molecule has 0 fully saturated rings. The Hall–Kier alpha value is -1.16. The van der Waals surface area contributed by atoms with Crippen LogP contribution < -0.4 is 4.74 Å². The van der Waals surface area contributed by atoms with Crippen molar-refractivity contribution < 1.29 is 18.6 Å². The van der Waals surface area contributed by atoms with E-state index in [4.69, 9.17) is 9.84 Å². The van der Waals surface area contributed by atoms with Crippen molar-refractivity contribution in [1.82, 2.24) is 0 Å². The van der Waals surface area contributed by atoms with E-state index < -0.39 is 17.7 Å². The van der Waals surface area contributed by atoms with Crippen LogP contribution in [0.3, 0.4) is 0 Å². The Balaban J connectivity index is 2.77. The monoisotopic (exact) mass is 188 g/mol. The molecule has 4 heteroatoms. The number of hydrogen-bond acceptors (Lipinski definition) is 2. The average Bonchev–Trinajstić information content (AvgIpc) is 2.09. The molecule has 1 rings (SSSR count). The zero-order valence-electron chi connectivity index (χ0n) is 7.13. The van der Waals surface area contributed by atoms with Gasteiger partial charge in [-0.15, -0.1) is 0 Å². The van der Waals surface area contributed by atoms with Crippen molar-refractivity contribution in [3.63, 3.8) is 0 Å². The Morgan fingerprint density at radius 2 is 2.15 bits per heavy atom. The predicted molar refractivity (Wildman–Crippen MR) is 43.5 cm³/mol. The largest absolute Gasteiger partial charge is 0.485 e. The highest BCUT2D eigenvalue weighted by Crippen LogP contribution is 2.18. The summed E-state index contributed by atoms with van der Waals surface area (Å²) in [5.41, 5.74) is 0. The molecule has 1 N–H and O–H groups in total. The maximum Gasteiger partial charge on any atom is 0.167 e. The van der Waals surface area contributed by atoms with Crippen molar-refractivity contribution in [2.45, 2.75) is 13.0 Å². The van der Waals surface area contributed by atoms with Crippen LogP contribution in [0.15, 0.2) is 18.2 Å². The van der Waals surface area contributed by atoms with Crippen molar-refractivity contribution >= 4 is 0 Å². The summed E-state index contributed by atoms with van der Waals surface area (Å²) >= 11 is 0. The second-order valence-corrected chi connectivity index (χ2v) is 2.69. The topological polar surface area (TPSA) is 29.5 Å². The molecule has 1 atom stereocenters. The Bertz CT molecular complexity index is 289. The van der Waals surface area contributed by atoms with Gasteiger partial charge < -0.3 is 9.84 Å². The zero-order valence-corrected chi connectivity index (χ0v) is 7.13. The number of hydrogen-bond donors (Lipinski definition) is 1. The Morgan fingerprint density at radius 1 is 1.46 bits per heavy atom. The van der Waals surface area contributed by atoms with E-state index in [9.17, 15) is 8.78 Å². The second-order valence-electron chi connectivity index (χ2n) is 2.69. The highest BCUT2D eigenvalue weighted by atomic mass is 19.1. The number of benzene rings is 1. The highest BCUT2D eigenvalue weighted by Gasteiger charge is 2.07. The minimum atomic E-state index is -0.764. The normalized spacial score (nSPS) is 12.6. The van der Waals surface area contributed by atoms with Gasteiger partial charge in [0.05, 0.1) is 6.61 Å². The van der Waals surface area contributed by atoms with Crippen LogP contribution in [0.25, 0.3) is 0 Å². The van der Waals surface area contributed by atoms with E-state index in [0.717, 1.165) is 12.1 Å². The fraction of sp³-hybridized carbons (Fsp3) is 0.333. The highest BCUT2D eigenvalue weighted by molar-refractivity contribution is 5.24. The first-order valence-corrected chi connectivity index (χ1v) is 3.86. The number of aliphatic hydroxyl groups excluding tert-OH is 1. The summed E-state index contributed by atoms with van der Waals surface area (Å²) in [6.45, 7) is 1.37. The third-order valence-electron chi connectivity index (χ3n) is 1.48. The summed E-state index contributed by atoms with van der Waals surface area (Å²) < 4.78 is 30.3. The van der Waals surface area contributed by atoms with Crippen LogP contribution in [-0.4, -0.2) is 17.8 Å². The van der Waals surface area contributed by atoms with Gasteiger partial charge in [-0.25, -0.2) is 8.78 Å². The molecule has 0 bridgehead atoms. The SMILES string of the molecule is CC(CO)Oc1ccc(F)cc1F. The lowest BCUT2D eigenvalue weighted by Gasteiger charge is -2.12. The van der Waals surface area contributed by atoms with Gasteiger partial charge >= 0.3 is 0 Å². The molecule has 0 aliphatic carbocycles. The van der Waals surface area contributed by atoms with E-state index in [0.29, 0.717) is 0 Å². The standard InChI is InChI=1S/C9H10F2O2/c1-6(5-12)13-9-3-2-7(10)4-8(9)11/h2-4,6,12H,5H2,1H3. The Morgan fingerprint density at radius 3 is 2.69 bits per heavy atom. The minimum absolute atomic E-state index is 0.0528. The lowest BCUT2D eigenvalue weighted by atomic mass is 10.3. The van der Waals surface area contributed by atoms with E-state index in [2.05, 4.69) is 0 Å². The van der Waals surface area contributed by atoms with Gasteiger partial charge in [-0.05, 0) is 19.1 Å². The number of halogens is 2. The molecule has 72 valence electrons. The van der Waals surface area contributed by atoms with Crippen LogP contribution in [0.1, 0.15) is 6.92 Å². The average molecular weight is 188 g/mol. The van der Waals surface area contributed by atoms with Gasteiger partial charge in [-0.2, -0.15) is 0 Å². The fourth-order valence-electron chi connectivity index (χ4n) is 0.825. The van der Waals surface area contributed by atoms with E-state index in [-0.39, 0.29) is 12.4 Å². The van der Waals surface area contributed by atoms with Crippen LogP contribution in [0.4, 0.5) is 8.78 Å². The summed E-state index contributed by atoms with van der Waals surface area (Å²) in [5.74, 6) is -1.47. The zero-order chi connectivity index (χ0) is 9.84. The maximum absolute atomic E-state index is 12.9. The molecule has 1 aromatic rings. The van der Waals surface area contributed by atoms with Gasteiger partial charge in [0, 0.05) is 6.07 Å². The quantitative estimate of drug-likeness (QED) is 0.782. The fourth-order valence-corrected chi connectivity index (χ4v) is 0.825. The molecular weight excluding hydrogens is 178 g/mol. The van der Waals surface area contributed by atoms with Gasteiger partial charge in [0.25, 0.3) is 0 Å². The van der Waals surface area contributed by atoms with Gasteiger partial charge in [0.15, 0.2) is 11.6 Å². The van der Waals surface area contributed by atoms with E-state index in [1.807, 2.05) is 0 Å². The molecule has 2 nitrogen and oxygen atoms in total. The van der Waals surface area contributed by atoms with Crippen molar-refractivity contribution in [1.29, 1.82) is 0 Å². The third kappa shape index (κ3) is 2.66. The Labute approximate surface area is 74.8 Å². The smallest absolute Gasteiger partial charge is 0.167 e. The van der Waals surface area contributed by atoms with Gasteiger partial charge in [0.2, 0.25) is 0 Å². The molecule has 0 saturated heterocycles. The molecule has 1 aromatic carbocycles. The lowest BCUT2D eigenvalue weighted by Crippen LogP contribution is -2.16. The molecule has 1 unspecified atom stereocenters. The number of ether oxygens (including phenoxy) is 1. The molecule has 0 radical (unpaired) electrons. The van der Waals surface area contributed by atoms with Crippen molar-refractivity contribution in [3.8, 4) is 5.75 Å². The van der Waals surface area contributed by atoms with Crippen molar-refractivity contribution in [2.75, 3.05) is 6.61 Å². The Kier molecular flexibility index (Phi) is 3.19. The van der Waals surface area contributed by atoms with Crippen LogP contribution >= 0.6 is 0 Å². The molecular formula is C9H10F2O2. The molecule has 0 aliphatic heterocycles. The van der Waals surface area contributed by atoms with Crippen LogP contribution in [0.2, 0.25) is 0 Å². The molecule has 0 aliphatic rings. The minimum Gasteiger partial charge on any atom is -0.485 e. The molecule has 0 heterocycles. The summed E-state index contributed by atoms with van der Waals surface area (Å²) in [4.78, 5) is 0. The molecule has 0 amide bonds. The maximum atomic E-state index is 12.9. The molecule has 0 spiro atoms. The third-order valence-corrected chi connectivity index (χ3v) is 1.48. The summed E-state index contributed by atoms with van der Waals surface area (Å²) in [6.07, 6.45) is -0.500. The van der Waals surface area contributed by atoms with E-state index in [1.165, 1.54) is 6.07 Å². The first-order chi connectivity index (χ1) is 6.13. The van der Waals surface area contributed by atoms with Gasteiger partial charge in [-0.1, -0.05) is 0 Å². The van der Waals surface area contributed by atoms with Crippen LogP contribution in [0, 0.1) is 11.6 Å². The first-order valence-electron chi connectivity index (χ1n) is 3.86. The van der Waals surface area contributed by atoms with Crippen LogP contribution in [0.5, 0.6) is 5.75 Å². The van der Waals surface area contributed by atoms with E-state index >= 15 is 0 Å². The molecule has 13 heavy (non-hydrogen) atoms. The van der Waals surface area contributed by atoms with E-state index in [1.54, 1.807) is 6.92 Å². The first kappa shape index (κ1) is 9.92. The van der Waals surface area contributed by atoms with Gasteiger partial charge in [-0.3, -0.25) is 0 Å². The number of aliphatic hydroxyl groups is 1. The predicted octanol–water partition coefficient (Wildman–Crippen LogP) is 1.72. The van der Waals surface area contributed by atoms with Gasteiger partial charge in [0.1, 0.15) is 11.9 Å². The summed E-state index contributed by atoms with van der Waals surface area (Å²) in [7, 11) is 0. The van der Waals surface area contributed by atoms with Crippen LogP contribution in [-0.2, 0) is 0 Å². The molecule has 0 saturated carbocycles. The number of rotatable bonds is 3. The van der Waals surface area contributed by atoms with Crippen molar-refractivity contribution in [2.24, 2.45) is 0 Å². The lowest BCUT2D eigenvalue weighted by molar-refractivity contribution is 0.125. The second kappa shape index (κ2) is 4.18. The molecule has 0 aromatic heterocycles. The summed E-state index contributed by atoms with van der Waals surface area (Å²) in [5, 5.41) is 8.62. The van der Waals surface area contributed by atoms with Crippen molar-refractivity contribution in [3.05, 3.63) is 29.8 Å². The summed E-state index contributed by atoms with van der Waals surface area (Å²) in [6, 6.07) is 3.03.